The van der Waals surface area contributed by atoms with Gasteiger partial charge < -0.3 is 4.90 Å². The first kappa shape index (κ1) is 18.5. The average molecular weight is 396 g/mol. The van der Waals surface area contributed by atoms with Gasteiger partial charge in [0.15, 0.2) is 5.65 Å². The number of hydrogen-bond donors (Lipinski definition) is 1. The highest BCUT2D eigenvalue weighted by atomic mass is 15.2. The summed E-state index contributed by atoms with van der Waals surface area (Å²) in [5.74, 6) is 0.870. The second kappa shape index (κ2) is 7.37. The van der Waals surface area contributed by atoms with Crippen molar-refractivity contribution >= 4 is 28.5 Å². The number of nitrogens with zero attached hydrogens (tertiary/aromatic N) is 5. The summed E-state index contributed by atoms with van der Waals surface area (Å²) in [5.41, 5.74) is 6.37. The van der Waals surface area contributed by atoms with Crippen molar-refractivity contribution in [1.29, 1.82) is 0 Å². The van der Waals surface area contributed by atoms with Crippen molar-refractivity contribution in [2.45, 2.75) is 33.2 Å². The highest BCUT2D eigenvalue weighted by molar-refractivity contribution is 5.89. The number of anilines is 1. The van der Waals surface area contributed by atoms with E-state index in [4.69, 9.17) is 4.98 Å². The van der Waals surface area contributed by atoms with Crippen LogP contribution in [0.3, 0.4) is 0 Å². The lowest BCUT2D eigenvalue weighted by Crippen LogP contribution is -2.34. The molecule has 0 unspecified atom stereocenters. The fourth-order valence-electron chi connectivity index (χ4n) is 4.21. The molecule has 1 aliphatic rings. The second-order valence-electron chi connectivity index (χ2n) is 7.91. The van der Waals surface area contributed by atoms with Crippen LogP contribution in [0, 0.1) is 6.92 Å². The van der Waals surface area contributed by atoms with Gasteiger partial charge in [0.1, 0.15) is 12.1 Å². The van der Waals surface area contributed by atoms with Gasteiger partial charge in [-0.3, -0.25) is 5.10 Å². The molecule has 0 radical (unpaired) electrons. The molecule has 150 valence electrons. The number of benzene rings is 1. The lowest BCUT2D eigenvalue weighted by atomic mass is 9.99. The SMILES string of the molecule is CC1=c2nc(-c3ccccc3)c(CN(C)c3ncnc4[nH]nc(C)c34)cc2=CCC1. The molecule has 0 aliphatic heterocycles. The van der Waals surface area contributed by atoms with Crippen molar-refractivity contribution in [3.05, 3.63) is 64.6 Å². The lowest BCUT2D eigenvalue weighted by molar-refractivity contribution is 0.889. The van der Waals surface area contributed by atoms with Gasteiger partial charge in [0.2, 0.25) is 0 Å². The predicted molar refractivity (Wildman–Crippen MR) is 120 cm³/mol. The van der Waals surface area contributed by atoms with Gasteiger partial charge >= 0.3 is 0 Å². The number of pyridine rings is 1. The Bertz CT molecular complexity index is 1350. The van der Waals surface area contributed by atoms with Gasteiger partial charge in [-0.1, -0.05) is 36.4 Å². The molecule has 1 N–H and O–H groups in total. The topological polar surface area (TPSA) is 70.6 Å². The van der Waals surface area contributed by atoms with Crippen molar-refractivity contribution in [1.82, 2.24) is 25.1 Å². The minimum atomic E-state index is 0.689. The van der Waals surface area contributed by atoms with Crippen LogP contribution in [0.5, 0.6) is 0 Å². The lowest BCUT2D eigenvalue weighted by Gasteiger charge is -2.21. The molecule has 0 atom stereocenters. The van der Waals surface area contributed by atoms with Crippen molar-refractivity contribution in [2.24, 2.45) is 0 Å². The first-order valence-corrected chi connectivity index (χ1v) is 10.2. The smallest absolute Gasteiger partial charge is 0.160 e. The number of nitrogens with one attached hydrogen (secondary N) is 1. The van der Waals surface area contributed by atoms with E-state index in [1.807, 2.05) is 13.0 Å². The fourth-order valence-corrected chi connectivity index (χ4v) is 4.21. The summed E-state index contributed by atoms with van der Waals surface area (Å²) >= 11 is 0. The van der Waals surface area contributed by atoms with E-state index in [1.165, 1.54) is 16.4 Å². The van der Waals surface area contributed by atoms with E-state index >= 15 is 0 Å². The molecule has 1 aromatic carbocycles. The van der Waals surface area contributed by atoms with E-state index in [0.717, 1.165) is 52.0 Å². The van der Waals surface area contributed by atoms with Gasteiger partial charge in [0, 0.05) is 19.2 Å². The number of aromatic amines is 1. The molecule has 5 rings (SSSR count). The van der Waals surface area contributed by atoms with Gasteiger partial charge in [0.05, 0.1) is 22.1 Å². The Balaban J connectivity index is 1.65. The van der Waals surface area contributed by atoms with Crippen molar-refractivity contribution in [3.8, 4) is 11.3 Å². The number of fused-ring (bicyclic) bond motifs is 2. The molecule has 6 nitrogen and oxygen atoms in total. The zero-order chi connectivity index (χ0) is 20.7. The van der Waals surface area contributed by atoms with Crippen LogP contribution < -0.4 is 15.5 Å². The van der Waals surface area contributed by atoms with Crippen LogP contribution in [0.1, 0.15) is 31.0 Å². The van der Waals surface area contributed by atoms with Gasteiger partial charge in [-0.15, -0.1) is 0 Å². The van der Waals surface area contributed by atoms with E-state index in [0.29, 0.717) is 6.54 Å². The standard InChI is InChI=1S/C24H24N6/c1-15-8-7-11-18-12-19(22(27-21(15)18)17-9-5-4-6-10-17)13-30(3)24-20-16(2)28-29-23(20)25-14-26-24/h4-6,9-12,14H,7-8,13H2,1-3H3,(H,25,26,28,29). The molecule has 3 heterocycles. The van der Waals surface area contributed by atoms with Crippen LogP contribution in [-0.2, 0) is 6.54 Å². The summed E-state index contributed by atoms with van der Waals surface area (Å²) in [6.07, 6.45) is 6.03. The first-order chi connectivity index (χ1) is 14.6. The maximum atomic E-state index is 5.13. The maximum absolute atomic E-state index is 5.13. The molecule has 4 aromatic rings. The van der Waals surface area contributed by atoms with Crippen LogP contribution >= 0.6 is 0 Å². The Labute approximate surface area is 175 Å². The minimum absolute atomic E-state index is 0.689. The number of rotatable bonds is 4. The minimum Gasteiger partial charge on any atom is -0.355 e. The Kier molecular flexibility index (Phi) is 4.54. The Morgan fingerprint density at radius 2 is 1.93 bits per heavy atom. The number of aromatic nitrogens is 5. The van der Waals surface area contributed by atoms with Gasteiger partial charge in [-0.2, -0.15) is 5.10 Å². The largest absolute Gasteiger partial charge is 0.355 e. The van der Waals surface area contributed by atoms with Gasteiger partial charge in [0.25, 0.3) is 0 Å². The molecule has 0 amide bonds. The molecule has 30 heavy (non-hydrogen) atoms. The van der Waals surface area contributed by atoms with Gasteiger partial charge in [-0.25, -0.2) is 15.0 Å². The summed E-state index contributed by atoms with van der Waals surface area (Å²) in [6.45, 7) is 4.86. The molecule has 1 aliphatic carbocycles. The van der Waals surface area contributed by atoms with E-state index < -0.39 is 0 Å². The fraction of sp³-hybridized carbons (Fsp3) is 0.250. The average Bonchev–Trinajstić information content (AvgIpc) is 3.15. The summed E-state index contributed by atoms with van der Waals surface area (Å²) in [5, 5.41) is 10.6. The van der Waals surface area contributed by atoms with Crippen LogP contribution in [0.15, 0.2) is 42.7 Å². The zero-order valence-electron chi connectivity index (χ0n) is 17.5. The third-order valence-electron chi connectivity index (χ3n) is 5.75. The van der Waals surface area contributed by atoms with Gasteiger partial charge in [-0.05, 0) is 49.1 Å². The number of aryl methyl sites for hydroxylation is 1. The van der Waals surface area contributed by atoms with Crippen molar-refractivity contribution < 1.29 is 0 Å². The Morgan fingerprint density at radius 1 is 1.10 bits per heavy atom. The number of hydrogen-bond acceptors (Lipinski definition) is 5. The van der Waals surface area contributed by atoms with E-state index in [-0.39, 0.29) is 0 Å². The second-order valence-corrected chi connectivity index (χ2v) is 7.91. The van der Waals surface area contributed by atoms with Crippen LogP contribution in [0.4, 0.5) is 5.82 Å². The summed E-state index contributed by atoms with van der Waals surface area (Å²) in [6, 6.07) is 12.7. The van der Waals surface area contributed by atoms with Crippen molar-refractivity contribution in [2.75, 3.05) is 11.9 Å². The molecule has 0 spiro atoms. The monoisotopic (exact) mass is 396 g/mol. The van der Waals surface area contributed by atoms with E-state index in [1.54, 1.807) is 6.33 Å². The normalized spacial score (nSPS) is 13.2. The molecule has 6 heteroatoms. The maximum Gasteiger partial charge on any atom is 0.160 e. The molecular formula is C24H24N6. The predicted octanol–water partition coefficient (Wildman–Crippen LogP) is 3.10. The Morgan fingerprint density at radius 3 is 2.77 bits per heavy atom. The molecule has 3 aromatic heterocycles. The Hall–Kier alpha value is -3.54. The number of H-pyrrole nitrogens is 1. The third kappa shape index (κ3) is 3.14. The molecular weight excluding hydrogens is 372 g/mol. The quantitative estimate of drug-likeness (QED) is 0.574. The highest BCUT2D eigenvalue weighted by Crippen LogP contribution is 2.27. The summed E-state index contributed by atoms with van der Waals surface area (Å²) in [4.78, 5) is 16.2. The first-order valence-electron chi connectivity index (χ1n) is 10.2. The molecule has 0 saturated heterocycles. The zero-order valence-corrected chi connectivity index (χ0v) is 17.5. The summed E-state index contributed by atoms with van der Waals surface area (Å²) in [7, 11) is 2.06. The highest BCUT2D eigenvalue weighted by Gasteiger charge is 2.17. The van der Waals surface area contributed by atoms with E-state index in [2.05, 4.69) is 75.4 Å². The molecule has 0 bridgehead atoms. The molecule has 0 fully saturated rings. The van der Waals surface area contributed by atoms with Crippen molar-refractivity contribution in [3.63, 3.8) is 0 Å². The van der Waals surface area contributed by atoms with Crippen LogP contribution in [0.2, 0.25) is 0 Å². The summed E-state index contributed by atoms with van der Waals surface area (Å²) < 4.78 is 0. The molecule has 0 saturated carbocycles. The van der Waals surface area contributed by atoms with Crippen LogP contribution in [-0.4, -0.2) is 32.2 Å². The third-order valence-corrected chi connectivity index (χ3v) is 5.75. The van der Waals surface area contributed by atoms with E-state index in [9.17, 15) is 0 Å². The van der Waals surface area contributed by atoms with Crippen LogP contribution in [0.25, 0.3) is 33.9 Å².